The van der Waals surface area contributed by atoms with Crippen LogP contribution in [0.3, 0.4) is 0 Å². The third-order valence-electron chi connectivity index (χ3n) is 4.13. The standard InChI is InChI=1S/C20H28N2O3S/c1-3-5-15-22(16-6-4-2)18-13-10-14-19(26(21,23)24)20(18)25-17-11-8-7-9-12-17/h7-14H,3-6,15-16H2,1-2H3,(H2,21,23,24). The first-order chi connectivity index (χ1) is 12.5. The number of hydrogen-bond acceptors (Lipinski definition) is 4. The van der Waals surface area contributed by atoms with Gasteiger partial charge in [0.2, 0.25) is 10.0 Å². The first-order valence-corrected chi connectivity index (χ1v) is 10.7. The first-order valence-electron chi connectivity index (χ1n) is 9.11. The zero-order chi connectivity index (χ0) is 19.0. The van der Waals surface area contributed by atoms with Crippen LogP contribution in [-0.4, -0.2) is 21.5 Å². The predicted molar refractivity (Wildman–Crippen MR) is 106 cm³/mol. The third kappa shape index (κ3) is 5.47. The highest BCUT2D eigenvalue weighted by atomic mass is 32.2. The van der Waals surface area contributed by atoms with Gasteiger partial charge in [-0.2, -0.15) is 0 Å². The van der Waals surface area contributed by atoms with E-state index >= 15 is 0 Å². The summed E-state index contributed by atoms with van der Waals surface area (Å²) >= 11 is 0. The van der Waals surface area contributed by atoms with Gasteiger partial charge in [0.15, 0.2) is 5.75 Å². The topological polar surface area (TPSA) is 72.6 Å². The van der Waals surface area contributed by atoms with Gasteiger partial charge in [0.05, 0.1) is 5.69 Å². The fourth-order valence-electron chi connectivity index (χ4n) is 2.74. The number of nitrogens with zero attached hydrogens (tertiary/aromatic N) is 1. The van der Waals surface area contributed by atoms with Crippen molar-refractivity contribution in [2.24, 2.45) is 5.14 Å². The highest BCUT2D eigenvalue weighted by molar-refractivity contribution is 7.89. The average molecular weight is 377 g/mol. The van der Waals surface area contributed by atoms with Crippen LogP contribution in [0.15, 0.2) is 53.4 Å². The third-order valence-corrected chi connectivity index (χ3v) is 5.07. The van der Waals surface area contributed by atoms with Crippen molar-refractivity contribution >= 4 is 15.7 Å². The summed E-state index contributed by atoms with van der Waals surface area (Å²) in [4.78, 5) is 2.21. The molecule has 0 amide bonds. The molecule has 0 unspecified atom stereocenters. The van der Waals surface area contributed by atoms with Crippen LogP contribution in [0.1, 0.15) is 39.5 Å². The van der Waals surface area contributed by atoms with Crippen LogP contribution in [-0.2, 0) is 10.0 Å². The quantitative estimate of drug-likeness (QED) is 0.661. The van der Waals surface area contributed by atoms with Gasteiger partial charge in [-0.3, -0.25) is 0 Å². The predicted octanol–water partition coefficient (Wildman–Crippen LogP) is 4.53. The molecule has 0 atom stereocenters. The minimum atomic E-state index is -3.90. The number of para-hydroxylation sites is 2. The SMILES string of the molecule is CCCCN(CCCC)c1cccc(S(N)(=O)=O)c1Oc1ccccc1. The molecule has 2 N–H and O–H groups in total. The van der Waals surface area contributed by atoms with Crippen LogP contribution in [0.25, 0.3) is 0 Å². The van der Waals surface area contributed by atoms with E-state index in [1.807, 2.05) is 24.3 Å². The van der Waals surface area contributed by atoms with Crippen molar-refractivity contribution in [3.05, 3.63) is 48.5 Å². The van der Waals surface area contributed by atoms with Crippen molar-refractivity contribution in [2.75, 3.05) is 18.0 Å². The second kappa shape index (κ2) is 9.59. The molecule has 6 heteroatoms. The molecule has 5 nitrogen and oxygen atoms in total. The lowest BCUT2D eigenvalue weighted by molar-refractivity contribution is 0.465. The minimum absolute atomic E-state index is 0.0110. The van der Waals surface area contributed by atoms with Crippen LogP contribution in [0.4, 0.5) is 5.69 Å². The molecule has 2 aromatic carbocycles. The summed E-state index contributed by atoms with van der Waals surface area (Å²) in [7, 11) is -3.90. The van der Waals surface area contributed by atoms with Gasteiger partial charge in [0, 0.05) is 13.1 Å². The van der Waals surface area contributed by atoms with E-state index in [4.69, 9.17) is 9.88 Å². The molecular weight excluding hydrogens is 348 g/mol. The van der Waals surface area contributed by atoms with Gasteiger partial charge >= 0.3 is 0 Å². The van der Waals surface area contributed by atoms with Crippen molar-refractivity contribution in [1.29, 1.82) is 0 Å². The number of ether oxygens (including phenoxy) is 1. The Balaban J connectivity index is 2.52. The Hall–Kier alpha value is -2.05. The molecule has 0 saturated heterocycles. The Morgan fingerprint density at radius 3 is 2.08 bits per heavy atom. The average Bonchev–Trinajstić information content (AvgIpc) is 2.62. The van der Waals surface area contributed by atoms with E-state index in [0.29, 0.717) is 11.5 Å². The maximum atomic E-state index is 12.1. The Kier molecular flexibility index (Phi) is 7.48. The number of benzene rings is 2. The zero-order valence-corrected chi connectivity index (χ0v) is 16.3. The first kappa shape index (κ1) is 20.3. The summed E-state index contributed by atoms with van der Waals surface area (Å²) in [6, 6.07) is 14.3. The Bertz CT molecular complexity index is 784. The highest BCUT2D eigenvalue weighted by Gasteiger charge is 2.22. The molecular formula is C20H28N2O3S. The summed E-state index contributed by atoms with van der Waals surface area (Å²) in [6.45, 7) is 5.96. The van der Waals surface area contributed by atoms with Crippen LogP contribution in [0, 0.1) is 0 Å². The van der Waals surface area contributed by atoms with E-state index in [2.05, 4.69) is 18.7 Å². The number of anilines is 1. The van der Waals surface area contributed by atoms with E-state index in [1.165, 1.54) is 6.07 Å². The Morgan fingerprint density at radius 1 is 0.923 bits per heavy atom. The molecule has 2 rings (SSSR count). The van der Waals surface area contributed by atoms with Gasteiger partial charge in [0.25, 0.3) is 0 Å². The van der Waals surface area contributed by atoms with Crippen molar-refractivity contribution < 1.29 is 13.2 Å². The molecule has 0 radical (unpaired) electrons. The molecule has 0 saturated carbocycles. The number of unbranched alkanes of at least 4 members (excludes halogenated alkanes) is 2. The summed E-state index contributed by atoms with van der Waals surface area (Å²) in [5.74, 6) is 0.879. The van der Waals surface area contributed by atoms with E-state index in [0.717, 1.165) is 44.5 Å². The van der Waals surface area contributed by atoms with Crippen LogP contribution >= 0.6 is 0 Å². The summed E-state index contributed by atoms with van der Waals surface area (Å²) in [5, 5.41) is 5.45. The van der Waals surface area contributed by atoms with Crippen molar-refractivity contribution in [2.45, 2.75) is 44.4 Å². The Labute approximate surface area is 156 Å². The van der Waals surface area contributed by atoms with E-state index in [1.54, 1.807) is 18.2 Å². The molecule has 0 aromatic heterocycles. The van der Waals surface area contributed by atoms with Gasteiger partial charge < -0.3 is 9.64 Å². The van der Waals surface area contributed by atoms with Gasteiger partial charge in [-0.1, -0.05) is 51.0 Å². The number of rotatable bonds is 10. The van der Waals surface area contributed by atoms with Crippen molar-refractivity contribution in [1.82, 2.24) is 0 Å². The molecule has 0 fully saturated rings. The minimum Gasteiger partial charge on any atom is -0.454 e. The number of hydrogen-bond donors (Lipinski definition) is 1. The second-order valence-electron chi connectivity index (χ2n) is 6.26. The fourth-order valence-corrected chi connectivity index (χ4v) is 3.41. The molecule has 2 aromatic rings. The molecule has 0 aliphatic carbocycles. The molecule has 0 heterocycles. The number of sulfonamides is 1. The smallest absolute Gasteiger partial charge is 0.241 e. The number of nitrogens with two attached hydrogens (primary N) is 1. The fraction of sp³-hybridized carbons (Fsp3) is 0.400. The van der Waals surface area contributed by atoms with Crippen LogP contribution in [0.5, 0.6) is 11.5 Å². The van der Waals surface area contributed by atoms with Crippen molar-refractivity contribution in [3.8, 4) is 11.5 Å². The monoisotopic (exact) mass is 376 g/mol. The molecule has 0 bridgehead atoms. The summed E-state index contributed by atoms with van der Waals surface area (Å²) in [5.41, 5.74) is 0.766. The van der Waals surface area contributed by atoms with Crippen LogP contribution in [0.2, 0.25) is 0 Å². The van der Waals surface area contributed by atoms with Gasteiger partial charge in [-0.25, -0.2) is 13.6 Å². The normalized spacial score (nSPS) is 11.3. The lowest BCUT2D eigenvalue weighted by Crippen LogP contribution is -2.26. The molecule has 26 heavy (non-hydrogen) atoms. The maximum Gasteiger partial charge on any atom is 0.241 e. The highest BCUT2D eigenvalue weighted by Crippen LogP contribution is 2.38. The molecule has 0 spiro atoms. The van der Waals surface area contributed by atoms with E-state index in [9.17, 15) is 8.42 Å². The Morgan fingerprint density at radius 2 is 1.54 bits per heavy atom. The molecule has 0 aliphatic heterocycles. The lowest BCUT2D eigenvalue weighted by Gasteiger charge is -2.27. The van der Waals surface area contributed by atoms with Crippen molar-refractivity contribution in [3.63, 3.8) is 0 Å². The summed E-state index contributed by atoms with van der Waals surface area (Å²) < 4.78 is 30.3. The van der Waals surface area contributed by atoms with Gasteiger partial charge in [-0.05, 0) is 37.1 Å². The lowest BCUT2D eigenvalue weighted by atomic mass is 10.2. The largest absolute Gasteiger partial charge is 0.454 e. The van der Waals surface area contributed by atoms with Gasteiger partial charge in [0.1, 0.15) is 10.6 Å². The van der Waals surface area contributed by atoms with E-state index < -0.39 is 10.0 Å². The molecule has 0 aliphatic rings. The zero-order valence-electron chi connectivity index (χ0n) is 15.5. The van der Waals surface area contributed by atoms with Gasteiger partial charge in [-0.15, -0.1) is 0 Å². The van der Waals surface area contributed by atoms with E-state index in [-0.39, 0.29) is 4.90 Å². The molecule has 142 valence electrons. The van der Waals surface area contributed by atoms with Crippen LogP contribution < -0.4 is 14.8 Å². The summed E-state index contributed by atoms with van der Waals surface area (Å²) in [6.07, 6.45) is 4.17. The number of primary sulfonamides is 1. The maximum absolute atomic E-state index is 12.1. The second-order valence-corrected chi connectivity index (χ2v) is 7.79.